The van der Waals surface area contributed by atoms with E-state index in [1.807, 2.05) is 0 Å². The molecule has 36 heavy (non-hydrogen) atoms. The fourth-order valence-electron chi connectivity index (χ4n) is 4.01. The molecule has 1 saturated heterocycles. The molecule has 12 nitrogen and oxygen atoms in total. The molecular weight excluding hydrogens is 480 g/mol. The van der Waals surface area contributed by atoms with Crippen LogP contribution in [0.1, 0.15) is 6.92 Å². The first-order chi connectivity index (χ1) is 17.1. The molecule has 12 heteroatoms. The second-order valence-corrected chi connectivity index (χ2v) is 8.13. The van der Waals surface area contributed by atoms with Gasteiger partial charge < -0.3 is 53.6 Å². The standard InChI is InChI=1S/C24H26O12/c1-9-18(27)20(29)21(30)24(34-9)36-16-6-10(5-15(31-2)23(16)33-4)13-7-11(25)17-14(35-13)8-12(26)22(32-3)19(17)28/h5-9,18,20-21,24,26-30H,1-4H3/t9?,18-,20?,21-,24-/m0/s1. The summed E-state index contributed by atoms with van der Waals surface area (Å²) < 4.78 is 32.8. The van der Waals surface area contributed by atoms with Gasteiger partial charge in [-0.1, -0.05) is 0 Å². The van der Waals surface area contributed by atoms with Crippen LogP contribution in [0.5, 0.6) is 34.5 Å². The summed E-state index contributed by atoms with van der Waals surface area (Å²) in [5.74, 6) is -0.941. The van der Waals surface area contributed by atoms with Crippen molar-refractivity contribution >= 4 is 11.0 Å². The van der Waals surface area contributed by atoms with Crippen LogP contribution in [0.25, 0.3) is 22.3 Å². The van der Waals surface area contributed by atoms with Crippen LogP contribution in [0, 0.1) is 0 Å². The molecule has 0 spiro atoms. The van der Waals surface area contributed by atoms with E-state index in [9.17, 15) is 30.3 Å². The van der Waals surface area contributed by atoms with Crippen molar-refractivity contribution in [1.82, 2.24) is 0 Å². The highest BCUT2D eigenvalue weighted by Crippen LogP contribution is 2.44. The Morgan fingerprint density at radius 1 is 0.833 bits per heavy atom. The lowest BCUT2D eigenvalue weighted by Crippen LogP contribution is -2.58. The van der Waals surface area contributed by atoms with E-state index < -0.39 is 47.6 Å². The second-order valence-electron chi connectivity index (χ2n) is 8.13. The Bertz CT molecular complexity index is 1330. The smallest absolute Gasteiger partial charge is 0.229 e. The first-order valence-corrected chi connectivity index (χ1v) is 10.8. The lowest BCUT2D eigenvalue weighted by atomic mass is 10.00. The number of hydrogen-bond acceptors (Lipinski definition) is 12. The third kappa shape index (κ3) is 4.24. The number of aliphatic hydroxyl groups is 3. The van der Waals surface area contributed by atoms with Crippen LogP contribution in [0.2, 0.25) is 0 Å². The molecule has 2 heterocycles. The Kier molecular flexibility index (Phi) is 6.87. The predicted molar refractivity (Wildman–Crippen MR) is 124 cm³/mol. The number of phenolic OH excluding ortho intramolecular Hbond substituents is 2. The molecule has 0 radical (unpaired) electrons. The highest BCUT2D eigenvalue weighted by Gasteiger charge is 2.43. The van der Waals surface area contributed by atoms with Gasteiger partial charge in [0.15, 0.2) is 28.4 Å². The Balaban J connectivity index is 1.83. The highest BCUT2D eigenvalue weighted by atomic mass is 16.7. The summed E-state index contributed by atoms with van der Waals surface area (Å²) in [6.45, 7) is 1.51. The van der Waals surface area contributed by atoms with Crippen molar-refractivity contribution in [3.63, 3.8) is 0 Å². The third-order valence-corrected chi connectivity index (χ3v) is 5.91. The SMILES string of the molecule is COc1cc(-c2cc(=O)c3c(O)c(OC)c(O)cc3o2)cc(O[C@@H]2OC(C)[C@H](O)C(O)[C@@H]2O)c1OC. The number of aromatic hydroxyl groups is 2. The van der Waals surface area contributed by atoms with E-state index in [4.69, 9.17) is 28.1 Å². The summed E-state index contributed by atoms with van der Waals surface area (Å²) in [6, 6.07) is 5.18. The maximum atomic E-state index is 12.8. The average Bonchev–Trinajstić information content (AvgIpc) is 2.85. The van der Waals surface area contributed by atoms with Gasteiger partial charge in [-0.2, -0.15) is 0 Å². The maximum Gasteiger partial charge on any atom is 0.229 e. The van der Waals surface area contributed by atoms with Crippen molar-refractivity contribution in [3.05, 3.63) is 34.5 Å². The lowest BCUT2D eigenvalue weighted by Gasteiger charge is -2.39. The van der Waals surface area contributed by atoms with Gasteiger partial charge >= 0.3 is 0 Å². The summed E-state index contributed by atoms with van der Waals surface area (Å²) in [4.78, 5) is 12.8. The molecule has 1 aliphatic rings. The molecule has 0 bridgehead atoms. The molecule has 4 rings (SSSR count). The normalized spacial score (nSPS) is 23.9. The van der Waals surface area contributed by atoms with Crippen molar-refractivity contribution in [3.8, 4) is 45.8 Å². The van der Waals surface area contributed by atoms with E-state index >= 15 is 0 Å². The van der Waals surface area contributed by atoms with Crippen molar-refractivity contribution in [2.45, 2.75) is 37.6 Å². The number of rotatable bonds is 6. The highest BCUT2D eigenvalue weighted by molar-refractivity contribution is 5.89. The Morgan fingerprint density at radius 3 is 2.14 bits per heavy atom. The van der Waals surface area contributed by atoms with Crippen LogP contribution in [-0.2, 0) is 4.74 Å². The summed E-state index contributed by atoms with van der Waals surface area (Å²) in [6.07, 6.45) is -6.65. The fraction of sp³-hybridized carbons (Fsp3) is 0.375. The van der Waals surface area contributed by atoms with Gasteiger partial charge in [-0.15, -0.1) is 0 Å². The minimum atomic E-state index is -1.59. The van der Waals surface area contributed by atoms with Crippen LogP contribution >= 0.6 is 0 Å². The van der Waals surface area contributed by atoms with Crippen molar-refractivity contribution < 1.29 is 53.6 Å². The van der Waals surface area contributed by atoms with Crippen LogP contribution in [-0.4, -0.2) is 77.6 Å². The molecule has 194 valence electrons. The van der Waals surface area contributed by atoms with E-state index in [1.54, 1.807) is 0 Å². The predicted octanol–water partition coefficient (Wildman–Crippen LogP) is 1.10. The minimum absolute atomic E-state index is 0.00913. The third-order valence-electron chi connectivity index (χ3n) is 5.91. The van der Waals surface area contributed by atoms with Gasteiger partial charge in [0.05, 0.1) is 27.4 Å². The molecule has 2 unspecified atom stereocenters. The Labute approximate surface area is 204 Å². The summed E-state index contributed by atoms with van der Waals surface area (Å²) >= 11 is 0. The van der Waals surface area contributed by atoms with E-state index in [1.165, 1.54) is 40.4 Å². The topological polar surface area (TPSA) is 178 Å². The zero-order valence-corrected chi connectivity index (χ0v) is 19.8. The number of methoxy groups -OCH3 is 3. The van der Waals surface area contributed by atoms with Gasteiger partial charge in [-0.3, -0.25) is 4.79 Å². The molecule has 3 aromatic rings. The zero-order chi connectivity index (χ0) is 26.3. The van der Waals surface area contributed by atoms with Gasteiger partial charge in [0, 0.05) is 17.7 Å². The zero-order valence-electron chi connectivity index (χ0n) is 19.8. The maximum absolute atomic E-state index is 12.8. The van der Waals surface area contributed by atoms with E-state index in [0.29, 0.717) is 0 Å². The van der Waals surface area contributed by atoms with Crippen molar-refractivity contribution in [1.29, 1.82) is 0 Å². The molecule has 5 atom stereocenters. The molecule has 0 saturated carbocycles. The van der Waals surface area contributed by atoms with Gasteiger partial charge in [0.25, 0.3) is 0 Å². The van der Waals surface area contributed by atoms with Gasteiger partial charge in [-0.25, -0.2) is 0 Å². The van der Waals surface area contributed by atoms with Gasteiger partial charge in [0.1, 0.15) is 35.0 Å². The molecule has 1 aliphatic heterocycles. The summed E-state index contributed by atoms with van der Waals surface area (Å²) in [5.41, 5.74) is -0.450. The van der Waals surface area contributed by atoms with Gasteiger partial charge in [0.2, 0.25) is 17.8 Å². The van der Waals surface area contributed by atoms with Crippen LogP contribution in [0.15, 0.2) is 33.5 Å². The van der Waals surface area contributed by atoms with Gasteiger partial charge in [-0.05, 0) is 19.1 Å². The Morgan fingerprint density at radius 2 is 1.50 bits per heavy atom. The molecule has 5 N–H and O–H groups in total. The number of fused-ring (bicyclic) bond motifs is 1. The average molecular weight is 506 g/mol. The van der Waals surface area contributed by atoms with E-state index in [2.05, 4.69) is 0 Å². The fourth-order valence-corrected chi connectivity index (χ4v) is 4.01. The lowest BCUT2D eigenvalue weighted by molar-refractivity contribution is -0.268. The summed E-state index contributed by atoms with van der Waals surface area (Å²) in [5, 5.41) is 50.7. The van der Waals surface area contributed by atoms with E-state index in [0.717, 1.165) is 12.1 Å². The number of ether oxygens (including phenoxy) is 5. The number of hydrogen-bond donors (Lipinski definition) is 5. The first-order valence-electron chi connectivity index (χ1n) is 10.8. The minimum Gasteiger partial charge on any atom is -0.504 e. The van der Waals surface area contributed by atoms with Crippen molar-refractivity contribution in [2.75, 3.05) is 21.3 Å². The molecule has 0 aliphatic carbocycles. The van der Waals surface area contributed by atoms with Crippen LogP contribution < -0.4 is 24.4 Å². The molecule has 2 aromatic carbocycles. The molecule has 0 amide bonds. The summed E-state index contributed by atoms with van der Waals surface area (Å²) in [7, 11) is 3.96. The quantitative estimate of drug-likeness (QED) is 0.322. The van der Waals surface area contributed by atoms with Crippen molar-refractivity contribution in [2.24, 2.45) is 0 Å². The van der Waals surface area contributed by atoms with Crippen LogP contribution in [0.4, 0.5) is 0 Å². The number of phenols is 2. The molecule has 1 aromatic heterocycles. The molecular formula is C24H26O12. The Hall–Kier alpha value is -3.71. The number of benzene rings is 2. The first kappa shape index (κ1) is 25.4. The monoisotopic (exact) mass is 506 g/mol. The van der Waals surface area contributed by atoms with Crippen LogP contribution in [0.3, 0.4) is 0 Å². The largest absolute Gasteiger partial charge is 0.504 e. The van der Waals surface area contributed by atoms with E-state index in [-0.39, 0.29) is 45.3 Å². The number of aliphatic hydroxyl groups excluding tert-OH is 3. The second kappa shape index (κ2) is 9.74. The molecule has 1 fully saturated rings.